The van der Waals surface area contributed by atoms with E-state index in [4.69, 9.17) is 0 Å². The van der Waals surface area contributed by atoms with Gasteiger partial charge in [0.2, 0.25) is 0 Å². The lowest BCUT2D eigenvalue weighted by atomic mass is 9.95. The molecule has 0 amide bonds. The van der Waals surface area contributed by atoms with Crippen LogP contribution in [-0.4, -0.2) is 31.1 Å². The highest BCUT2D eigenvalue weighted by Gasteiger charge is 2.24. The number of rotatable bonds is 3. The summed E-state index contributed by atoms with van der Waals surface area (Å²) in [5.74, 6) is 1.54. The molecule has 1 aromatic carbocycles. The average Bonchev–Trinajstić information content (AvgIpc) is 2.68. The van der Waals surface area contributed by atoms with Crippen LogP contribution in [0.15, 0.2) is 30.5 Å². The summed E-state index contributed by atoms with van der Waals surface area (Å²) in [5.41, 5.74) is 5.54. The highest BCUT2D eigenvalue weighted by Crippen LogP contribution is 2.36. The quantitative estimate of drug-likeness (QED) is 0.779. The Morgan fingerprint density at radius 1 is 1.13 bits per heavy atom. The number of benzene rings is 1. The summed E-state index contributed by atoms with van der Waals surface area (Å²) in [6.07, 6.45) is 5.20. The first-order valence-corrected chi connectivity index (χ1v) is 9.33. The number of fused-ring (bicyclic) bond motifs is 1. The van der Waals surface area contributed by atoms with Crippen LogP contribution >= 0.6 is 0 Å². The molecule has 3 rings (SSSR count). The standard InChI is InChI=1S/C21H32N2/c1-16-9-12-22(13-10-16)15-19(4)23-11-5-6-18(3)20-8-7-17(2)14-21(20)23/h7-8,14,16,18H,4-6,9-13,15H2,1-3H3. The molecule has 0 radical (unpaired) electrons. The fraction of sp³-hybridized carbons (Fsp3) is 0.619. The molecule has 0 saturated carbocycles. The lowest BCUT2D eigenvalue weighted by molar-refractivity contribution is 0.205. The van der Waals surface area contributed by atoms with Crippen LogP contribution in [0.25, 0.3) is 0 Å². The van der Waals surface area contributed by atoms with E-state index in [1.165, 1.54) is 61.3 Å². The smallest absolute Gasteiger partial charge is 0.0446 e. The van der Waals surface area contributed by atoms with E-state index in [0.717, 1.165) is 19.0 Å². The Labute approximate surface area is 142 Å². The highest BCUT2D eigenvalue weighted by molar-refractivity contribution is 5.61. The van der Waals surface area contributed by atoms with Crippen molar-refractivity contribution in [2.45, 2.75) is 52.4 Å². The van der Waals surface area contributed by atoms with Gasteiger partial charge in [0.25, 0.3) is 0 Å². The molecule has 0 aliphatic carbocycles. The Balaban J connectivity index is 1.77. The molecule has 1 fully saturated rings. The van der Waals surface area contributed by atoms with Crippen molar-refractivity contribution in [2.24, 2.45) is 5.92 Å². The van der Waals surface area contributed by atoms with Crippen LogP contribution in [0, 0.1) is 12.8 Å². The van der Waals surface area contributed by atoms with Gasteiger partial charge in [-0.25, -0.2) is 0 Å². The van der Waals surface area contributed by atoms with Crippen LogP contribution in [0.2, 0.25) is 0 Å². The first-order chi connectivity index (χ1) is 11.0. The van der Waals surface area contributed by atoms with Gasteiger partial charge in [-0.3, -0.25) is 4.90 Å². The minimum absolute atomic E-state index is 0.652. The Kier molecular flexibility index (Phi) is 5.11. The SMILES string of the molecule is C=C(CN1CCC(C)CC1)N1CCCC(C)c2ccc(C)cc21. The maximum absolute atomic E-state index is 4.47. The van der Waals surface area contributed by atoms with E-state index in [2.05, 4.69) is 55.3 Å². The third kappa shape index (κ3) is 3.80. The monoisotopic (exact) mass is 312 g/mol. The van der Waals surface area contributed by atoms with E-state index in [9.17, 15) is 0 Å². The van der Waals surface area contributed by atoms with Crippen molar-refractivity contribution in [3.63, 3.8) is 0 Å². The maximum atomic E-state index is 4.47. The van der Waals surface area contributed by atoms with E-state index in [1.807, 2.05) is 0 Å². The third-order valence-corrected chi connectivity index (χ3v) is 5.69. The number of nitrogens with zero attached hydrogens (tertiary/aromatic N) is 2. The normalized spacial score (nSPS) is 23.4. The lowest BCUT2D eigenvalue weighted by Crippen LogP contribution is -2.38. The first kappa shape index (κ1) is 16.6. The maximum Gasteiger partial charge on any atom is 0.0446 e. The molecule has 2 aliphatic rings. The van der Waals surface area contributed by atoms with Crippen molar-refractivity contribution < 1.29 is 0 Å². The minimum atomic E-state index is 0.652. The van der Waals surface area contributed by atoms with Crippen molar-refractivity contribution in [1.82, 2.24) is 4.90 Å². The van der Waals surface area contributed by atoms with Crippen LogP contribution in [-0.2, 0) is 0 Å². The molecule has 2 nitrogen and oxygen atoms in total. The van der Waals surface area contributed by atoms with Crippen LogP contribution < -0.4 is 4.90 Å². The van der Waals surface area contributed by atoms with Gasteiger partial charge < -0.3 is 4.90 Å². The molecule has 1 atom stereocenters. The van der Waals surface area contributed by atoms with Gasteiger partial charge in [-0.1, -0.05) is 32.6 Å². The zero-order chi connectivity index (χ0) is 16.4. The van der Waals surface area contributed by atoms with Crippen LogP contribution in [0.3, 0.4) is 0 Å². The van der Waals surface area contributed by atoms with Crippen LogP contribution in [0.4, 0.5) is 5.69 Å². The van der Waals surface area contributed by atoms with Crippen molar-refractivity contribution in [3.05, 3.63) is 41.6 Å². The van der Waals surface area contributed by atoms with Gasteiger partial charge in [0.15, 0.2) is 0 Å². The van der Waals surface area contributed by atoms with E-state index < -0.39 is 0 Å². The van der Waals surface area contributed by atoms with E-state index in [-0.39, 0.29) is 0 Å². The van der Waals surface area contributed by atoms with Gasteiger partial charge in [0, 0.05) is 24.5 Å². The Bertz CT molecular complexity index is 555. The van der Waals surface area contributed by atoms with Crippen molar-refractivity contribution in [1.29, 1.82) is 0 Å². The summed E-state index contributed by atoms with van der Waals surface area (Å²) in [7, 11) is 0. The van der Waals surface area contributed by atoms with Crippen molar-refractivity contribution >= 4 is 5.69 Å². The molecule has 0 spiro atoms. The third-order valence-electron chi connectivity index (χ3n) is 5.69. The fourth-order valence-corrected chi connectivity index (χ4v) is 4.03. The summed E-state index contributed by atoms with van der Waals surface area (Å²) in [6.45, 7) is 16.0. The molecule has 2 aliphatic heterocycles. The largest absolute Gasteiger partial charge is 0.344 e. The van der Waals surface area contributed by atoms with E-state index in [1.54, 1.807) is 0 Å². The van der Waals surface area contributed by atoms with Crippen LogP contribution in [0.5, 0.6) is 0 Å². The molecule has 0 aromatic heterocycles. The number of piperidine rings is 1. The second-order valence-electron chi connectivity index (χ2n) is 7.78. The van der Waals surface area contributed by atoms with Crippen molar-refractivity contribution in [2.75, 3.05) is 31.1 Å². The molecule has 1 aromatic rings. The summed E-state index contributed by atoms with van der Waals surface area (Å²) >= 11 is 0. The predicted octanol–water partition coefficient (Wildman–Crippen LogP) is 4.94. The molecule has 23 heavy (non-hydrogen) atoms. The highest BCUT2D eigenvalue weighted by atomic mass is 15.2. The molecule has 1 unspecified atom stereocenters. The second kappa shape index (κ2) is 7.09. The Hall–Kier alpha value is -1.28. The molecular formula is C21H32N2. The Morgan fingerprint density at radius 2 is 1.87 bits per heavy atom. The zero-order valence-electron chi connectivity index (χ0n) is 15.1. The van der Waals surface area contributed by atoms with Gasteiger partial charge in [-0.2, -0.15) is 0 Å². The number of aryl methyl sites for hydroxylation is 1. The number of anilines is 1. The molecular weight excluding hydrogens is 280 g/mol. The molecule has 2 heteroatoms. The number of hydrogen-bond acceptors (Lipinski definition) is 2. The minimum Gasteiger partial charge on any atom is -0.344 e. The zero-order valence-corrected chi connectivity index (χ0v) is 15.1. The van der Waals surface area contributed by atoms with Crippen LogP contribution in [0.1, 0.15) is 56.6 Å². The summed E-state index contributed by atoms with van der Waals surface area (Å²) in [6, 6.07) is 6.96. The van der Waals surface area contributed by atoms with E-state index in [0.29, 0.717) is 5.92 Å². The van der Waals surface area contributed by atoms with Gasteiger partial charge in [0.05, 0.1) is 0 Å². The lowest BCUT2D eigenvalue weighted by Gasteiger charge is -2.34. The predicted molar refractivity (Wildman–Crippen MR) is 100 cm³/mol. The van der Waals surface area contributed by atoms with Gasteiger partial charge in [0.1, 0.15) is 0 Å². The molecule has 126 valence electrons. The molecule has 0 N–H and O–H groups in total. The van der Waals surface area contributed by atoms with Gasteiger partial charge in [-0.05, 0) is 74.7 Å². The van der Waals surface area contributed by atoms with E-state index >= 15 is 0 Å². The fourth-order valence-electron chi connectivity index (χ4n) is 4.03. The van der Waals surface area contributed by atoms with Gasteiger partial charge in [-0.15, -0.1) is 0 Å². The molecule has 1 saturated heterocycles. The summed E-state index contributed by atoms with van der Waals surface area (Å²) in [5, 5.41) is 0. The van der Waals surface area contributed by atoms with Crippen molar-refractivity contribution in [3.8, 4) is 0 Å². The average molecular weight is 313 g/mol. The number of hydrogen-bond donors (Lipinski definition) is 0. The molecule has 2 heterocycles. The first-order valence-electron chi connectivity index (χ1n) is 9.33. The topological polar surface area (TPSA) is 6.48 Å². The van der Waals surface area contributed by atoms with Gasteiger partial charge >= 0.3 is 0 Å². The molecule has 0 bridgehead atoms. The second-order valence-corrected chi connectivity index (χ2v) is 7.78. The summed E-state index contributed by atoms with van der Waals surface area (Å²) in [4.78, 5) is 5.09. The summed E-state index contributed by atoms with van der Waals surface area (Å²) < 4.78 is 0. The number of likely N-dealkylation sites (tertiary alicyclic amines) is 1. The Morgan fingerprint density at radius 3 is 2.61 bits per heavy atom.